The Morgan fingerprint density at radius 2 is 2.27 bits per heavy atom. The van der Waals surface area contributed by atoms with Crippen molar-refractivity contribution in [3.63, 3.8) is 0 Å². The minimum atomic E-state index is 0.745. The predicted octanol–water partition coefficient (Wildman–Crippen LogP) is 2.27. The summed E-state index contributed by atoms with van der Waals surface area (Å²) in [4.78, 5) is 5.09. The van der Waals surface area contributed by atoms with Crippen LogP contribution >= 0.6 is 11.3 Å². The lowest BCUT2D eigenvalue weighted by molar-refractivity contribution is 1.13. The number of H-pyrrole nitrogens is 1. The van der Waals surface area contributed by atoms with E-state index in [4.69, 9.17) is 5.73 Å². The number of hydrogen-bond donors (Lipinski definition) is 2. The Labute approximate surface area is 89.8 Å². The summed E-state index contributed by atoms with van der Waals surface area (Å²) in [6.07, 6.45) is 1.81. The fourth-order valence-corrected chi connectivity index (χ4v) is 2.18. The Bertz CT molecular complexity index is 597. The Balaban J connectivity index is 2.32. The van der Waals surface area contributed by atoms with E-state index < -0.39 is 0 Å². The number of nitrogens with two attached hydrogens (primary N) is 1. The summed E-state index contributed by atoms with van der Waals surface area (Å²) >= 11 is 1.57. The smallest absolute Gasteiger partial charge is 0.112 e. The highest BCUT2D eigenvalue weighted by molar-refractivity contribution is 7.13. The average Bonchev–Trinajstić information content (AvgIpc) is 2.83. The molecule has 0 aliphatic rings. The van der Waals surface area contributed by atoms with E-state index in [1.54, 1.807) is 16.8 Å². The number of hydrogen-bond acceptors (Lipinski definition) is 4. The zero-order valence-corrected chi connectivity index (χ0v) is 8.58. The molecule has 0 atom stereocenters. The van der Waals surface area contributed by atoms with Crippen LogP contribution in [0.4, 0.5) is 5.69 Å². The van der Waals surface area contributed by atoms with Crippen LogP contribution in [0.2, 0.25) is 0 Å². The molecule has 74 valence electrons. The number of nitrogens with zero attached hydrogens (tertiary/aromatic N) is 2. The van der Waals surface area contributed by atoms with Crippen molar-refractivity contribution >= 4 is 27.9 Å². The maximum Gasteiger partial charge on any atom is 0.112 e. The summed E-state index contributed by atoms with van der Waals surface area (Å²) in [5, 5.41) is 8.29. The van der Waals surface area contributed by atoms with Crippen LogP contribution in [0.5, 0.6) is 0 Å². The van der Waals surface area contributed by atoms with Crippen LogP contribution < -0.4 is 5.73 Å². The number of fused-ring (bicyclic) bond motifs is 1. The first-order valence-corrected chi connectivity index (χ1v) is 5.35. The van der Waals surface area contributed by atoms with Gasteiger partial charge in [0, 0.05) is 17.3 Å². The molecule has 0 fully saturated rings. The summed E-state index contributed by atoms with van der Waals surface area (Å²) < 4.78 is 0. The van der Waals surface area contributed by atoms with E-state index in [0.29, 0.717) is 0 Å². The van der Waals surface area contributed by atoms with Crippen molar-refractivity contribution in [3.05, 3.63) is 29.9 Å². The minimum absolute atomic E-state index is 0.745. The molecule has 3 aromatic rings. The molecule has 4 nitrogen and oxygen atoms in total. The van der Waals surface area contributed by atoms with Crippen LogP contribution in [0.15, 0.2) is 29.9 Å². The molecule has 0 bridgehead atoms. The predicted molar refractivity (Wildman–Crippen MR) is 61.6 cm³/mol. The number of rotatable bonds is 1. The van der Waals surface area contributed by atoms with Gasteiger partial charge in [-0.15, -0.1) is 11.3 Å². The van der Waals surface area contributed by atoms with Crippen LogP contribution in [0.1, 0.15) is 0 Å². The SMILES string of the molecule is Nc1ccc2[nH]nc(-c3cncs3)c2c1. The molecule has 0 spiro atoms. The molecule has 15 heavy (non-hydrogen) atoms. The summed E-state index contributed by atoms with van der Waals surface area (Å²) in [6, 6.07) is 5.72. The first-order valence-electron chi connectivity index (χ1n) is 4.47. The molecule has 5 heteroatoms. The number of aromatic nitrogens is 3. The first-order chi connectivity index (χ1) is 7.34. The maximum atomic E-state index is 5.75. The molecule has 3 rings (SSSR count). The van der Waals surface area contributed by atoms with Gasteiger partial charge < -0.3 is 5.73 Å². The van der Waals surface area contributed by atoms with Crippen LogP contribution in [0.25, 0.3) is 21.5 Å². The number of nitrogens with one attached hydrogen (secondary N) is 1. The van der Waals surface area contributed by atoms with Gasteiger partial charge in [-0.05, 0) is 18.2 Å². The Morgan fingerprint density at radius 1 is 1.33 bits per heavy atom. The lowest BCUT2D eigenvalue weighted by atomic mass is 10.2. The van der Waals surface area contributed by atoms with Crippen molar-refractivity contribution in [2.24, 2.45) is 0 Å². The number of benzene rings is 1. The molecule has 0 saturated carbocycles. The monoisotopic (exact) mass is 216 g/mol. The van der Waals surface area contributed by atoms with Crippen LogP contribution in [-0.4, -0.2) is 15.2 Å². The van der Waals surface area contributed by atoms with Crippen LogP contribution in [0, 0.1) is 0 Å². The van der Waals surface area contributed by atoms with Gasteiger partial charge in [-0.3, -0.25) is 10.1 Å². The standard InChI is InChI=1S/C10H8N4S/c11-6-1-2-8-7(3-6)10(14-13-8)9-4-12-5-15-9/h1-5H,11H2,(H,13,14). The molecule has 0 unspecified atom stereocenters. The van der Waals surface area contributed by atoms with Crippen molar-refractivity contribution in [2.75, 3.05) is 5.73 Å². The molecular weight excluding hydrogens is 208 g/mol. The molecule has 3 N–H and O–H groups in total. The third-order valence-corrected chi connectivity index (χ3v) is 3.03. The lowest BCUT2D eigenvalue weighted by Gasteiger charge is -1.94. The van der Waals surface area contributed by atoms with Gasteiger partial charge in [0.25, 0.3) is 0 Å². The fraction of sp³-hybridized carbons (Fsp3) is 0. The largest absolute Gasteiger partial charge is 0.399 e. The van der Waals surface area contributed by atoms with Gasteiger partial charge in [0.15, 0.2) is 0 Å². The van der Waals surface area contributed by atoms with Gasteiger partial charge in [-0.2, -0.15) is 5.10 Å². The summed E-state index contributed by atoms with van der Waals surface area (Å²) in [5.74, 6) is 0. The molecule has 0 aliphatic heterocycles. The van der Waals surface area contributed by atoms with Crippen LogP contribution in [0.3, 0.4) is 0 Å². The van der Waals surface area contributed by atoms with Gasteiger partial charge in [0.1, 0.15) is 5.69 Å². The highest BCUT2D eigenvalue weighted by Crippen LogP contribution is 2.29. The second-order valence-electron chi connectivity index (χ2n) is 3.24. The molecule has 0 amide bonds. The number of anilines is 1. The highest BCUT2D eigenvalue weighted by atomic mass is 32.1. The molecule has 0 saturated heterocycles. The lowest BCUT2D eigenvalue weighted by Crippen LogP contribution is -1.82. The average molecular weight is 216 g/mol. The van der Waals surface area contributed by atoms with Gasteiger partial charge in [0.05, 0.1) is 15.9 Å². The molecule has 0 aliphatic carbocycles. The van der Waals surface area contributed by atoms with E-state index >= 15 is 0 Å². The van der Waals surface area contributed by atoms with E-state index in [2.05, 4.69) is 15.2 Å². The van der Waals surface area contributed by atoms with Gasteiger partial charge in [-0.25, -0.2) is 0 Å². The van der Waals surface area contributed by atoms with E-state index in [-0.39, 0.29) is 0 Å². The minimum Gasteiger partial charge on any atom is -0.399 e. The first kappa shape index (κ1) is 8.43. The van der Waals surface area contributed by atoms with Gasteiger partial charge in [0.2, 0.25) is 0 Å². The van der Waals surface area contributed by atoms with Crippen molar-refractivity contribution in [1.82, 2.24) is 15.2 Å². The Morgan fingerprint density at radius 3 is 3.07 bits per heavy atom. The van der Waals surface area contributed by atoms with E-state index in [1.807, 2.05) is 24.4 Å². The normalized spacial score (nSPS) is 10.9. The maximum absolute atomic E-state index is 5.75. The second-order valence-corrected chi connectivity index (χ2v) is 4.13. The van der Waals surface area contributed by atoms with Crippen molar-refractivity contribution in [3.8, 4) is 10.6 Å². The van der Waals surface area contributed by atoms with Gasteiger partial charge >= 0.3 is 0 Å². The highest BCUT2D eigenvalue weighted by Gasteiger charge is 2.09. The van der Waals surface area contributed by atoms with Crippen molar-refractivity contribution in [1.29, 1.82) is 0 Å². The fourth-order valence-electron chi connectivity index (χ4n) is 1.55. The summed E-state index contributed by atoms with van der Waals surface area (Å²) in [6.45, 7) is 0. The molecule has 2 aromatic heterocycles. The van der Waals surface area contributed by atoms with Gasteiger partial charge in [-0.1, -0.05) is 0 Å². The summed E-state index contributed by atoms with van der Waals surface area (Å²) in [7, 11) is 0. The number of nitrogen functional groups attached to an aromatic ring is 1. The molecule has 0 radical (unpaired) electrons. The van der Waals surface area contributed by atoms with E-state index in [0.717, 1.165) is 27.2 Å². The molecule has 1 aromatic carbocycles. The topological polar surface area (TPSA) is 67.6 Å². The molecule has 2 heterocycles. The Kier molecular flexibility index (Phi) is 1.72. The van der Waals surface area contributed by atoms with Crippen molar-refractivity contribution in [2.45, 2.75) is 0 Å². The third kappa shape index (κ3) is 1.28. The zero-order valence-electron chi connectivity index (χ0n) is 7.77. The number of thiazole rings is 1. The third-order valence-electron chi connectivity index (χ3n) is 2.25. The second kappa shape index (κ2) is 3.06. The van der Waals surface area contributed by atoms with Crippen LogP contribution in [-0.2, 0) is 0 Å². The van der Waals surface area contributed by atoms with Crippen molar-refractivity contribution < 1.29 is 0 Å². The van der Waals surface area contributed by atoms with E-state index in [9.17, 15) is 0 Å². The summed E-state index contributed by atoms with van der Waals surface area (Å²) in [5.41, 5.74) is 10.2. The van der Waals surface area contributed by atoms with E-state index in [1.165, 1.54) is 0 Å². The molecular formula is C10H8N4S. The zero-order chi connectivity index (χ0) is 10.3. The number of aromatic amines is 1. The Hall–Kier alpha value is -1.88. The quantitative estimate of drug-likeness (QED) is 0.613.